The Morgan fingerprint density at radius 2 is 2.23 bits per heavy atom. The van der Waals surface area contributed by atoms with Crippen LogP contribution < -0.4 is 5.32 Å². The minimum absolute atomic E-state index is 0.0177. The van der Waals surface area contributed by atoms with Crippen molar-refractivity contribution >= 4 is 29.3 Å². The summed E-state index contributed by atoms with van der Waals surface area (Å²) in [5.74, 6) is 0.588. The maximum atomic E-state index is 11.0. The van der Waals surface area contributed by atoms with Crippen LogP contribution in [0, 0.1) is 0 Å². The van der Waals surface area contributed by atoms with Crippen molar-refractivity contribution in [3.63, 3.8) is 0 Å². The van der Waals surface area contributed by atoms with Crippen molar-refractivity contribution in [2.75, 3.05) is 18.6 Å². The molecular weight excluding hydrogens is 206 g/mol. The van der Waals surface area contributed by atoms with Gasteiger partial charge in [-0.05, 0) is 12.2 Å². The third kappa shape index (κ3) is 7.07. The smallest absolute Gasteiger partial charge is 0.220 e. The zero-order valence-electron chi connectivity index (χ0n) is 8.08. The predicted octanol–water partition coefficient (Wildman–Crippen LogP) is 0.580. The van der Waals surface area contributed by atoms with Crippen molar-refractivity contribution in [1.29, 1.82) is 0 Å². The Hall–Kier alpha value is -0.0300. The summed E-state index contributed by atoms with van der Waals surface area (Å²) in [4.78, 5) is 11.0. The van der Waals surface area contributed by atoms with Crippen molar-refractivity contribution in [3.05, 3.63) is 0 Å². The van der Waals surface area contributed by atoms with E-state index in [4.69, 9.17) is 0 Å². The average molecular weight is 223 g/mol. The lowest BCUT2D eigenvalue weighted by atomic mass is 10.3. The third-order valence-corrected chi connectivity index (χ3v) is 3.37. The molecule has 0 bridgehead atoms. The lowest BCUT2D eigenvalue weighted by Gasteiger charge is -2.08. The van der Waals surface area contributed by atoms with Gasteiger partial charge in [0.05, 0.1) is 0 Å². The molecule has 3 nitrogen and oxygen atoms in total. The first-order chi connectivity index (χ1) is 6.07. The van der Waals surface area contributed by atoms with E-state index in [0.717, 1.165) is 6.42 Å². The fourth-order valence-electron chi connectivity index (χ4n) is 0.771. The molecule has 0 aliphatic carbocycles. The second-order valence-electron chi connectivity index (χ2n) is 2.92. The van der Waals surface area contributed by atoms with E-state index in [-0.39, 0.29) is 11.2 Å². The van der Waals surface area contributed by atoms with Gasteiger partial charge in [0.15, 0.2) is 0 Å². The molecule has 0 aromatic heterocycles. The standard InChI is InChI=1S/C8H17NO2S2/c1-7(13(2)11)3-5-9-8(10)4-6-12/h7,12H,3-6H2,1-2H3,(H,9,10). The molecule has 0 aromatic rings. The van der Waals surface area contributed by atoms with Crippen LogP contribution in [0.1, 0.15) is 19.8 Å². The summed E-state index contributed by atoms with van der Waals surface area (Å²) in [6, 6.07) is 0. The molecule has 0 aliphatic rings. The number of rotatable bonds is 6. The topological polar surface area (TPSA) is 46.2 Å². The highest BCUT2D eigenvalue weighted by molar-refractivity contribution is 7.84. The fraction of sp³-hybridized carbons (Fsp3) is 0.875. The lowest BCUT2D eigenvalue weighted by molar-refractivity contribution is -0.120. The van der Waals surface area contributed by atoms with E-state index in [1.807, 2.05) is 6.92 Å². The summed E-state index contributed by atoms with van der Waals surface area (Å²) in [6.07, 6.45) is 2.90. The largest absolute Gasteiger partial charge is 0.356 e. The van der Waals surface area contributed by atoms with Crippen molar-refractivity contribution in [2.45, 2.75) is 25.0 Å². The number of hydrogen-bond acceptors (Lipinski definition) is 3. The Bertz CT molecular complexity index is 185. The van der Waals surface area contributed by atoms with Crippen LogP contribution in [0.25, 0.3) is 0 Å². The van der Waals surface area contributed by atoms with Crippen LogP contribution in [-0.4, -0.2) is 33.9 Å². The van der Waals surface area contributed by atoms with Gasteiger partial charge in [0.1, 0.15) is 0 Å². The van der Waals surface area contributed by atoms with Gasteiger partial charge in [0.25, 0.3) is 0 Å². The molecule has 0 saturated heterocycles. The van der Waals surface area contributed by atoms with E-state index >= 15 is 0 Å². The highest BCUT2D eigenvalue weighted by Gasteiger charge is 2.06. The summed E-state index contributed by atoms with van der Waals surface area (Å²) in [7, 11) is -0.795. The molecule has 0 aliphatic heterocycles. The van der Waals surface area contributed by atoms with Crippen molar-refractivity contribution in [1.82, 2.24) is 5.32 Å². The number of nitrogens with one attached hydrogen (secondary N) is 1. The first-order valence-corrected chi connectivity index (χ1v) is 6.53. The normalized spacial score (nSPS) is 15.0. The molecule has 0 spiro atoms. The van der Waals surface area contributed by atoms with Crippen LogP contribution in [0.5, 0.6) is 0 Å². The van der Waals surface area contributed by atoms with Crippen LogP contribution in [0.15, 0.2) is 0 Å². The molecule has 13 heavy (non-hydrogen) atoms. The quantitative estimate of drug-likeness (QED) is 0.647. The molecule has 0 aromatic carbocycles. The lowest BCUT2D eigenvalue weighted by Crippen LogP contribution is -2.27. The van der Waals surface area contributed by atoms with Crippen LogP contribution in [0.3, 0.4) is 0 Å². The summed E-state index contributed by atoms with van der Waals surface area (Å²) in [5, 5.41) is 2.90. The number of hydrogen-bond donors (Lipinski definition) is 2. The minimum atomic E-state index is -0.795. The van der Waals surface area contributed by atoms with E-state index in [1.165, 1.54) is 0 Å². The predicted molar refractivity (Wildman–Crippen MR) is 59.6 cm³/mol. The molecule has 2 atom stereocenters. The maximum Gasteiger partial charge on any atom is 0.220 e. The molecule has 0 radical (unpaired) electrons. The Kier molecular flexibility index (Phi) is 7.36. The second-order valence-corrected chi connectivity index (χ2v) is 5.17. The van der Waals surface area contributed by atoms with E-state index in [1.54, 1.807) is 6.26 Å². The minimum Gasteiger partial charge on any atom is -0.356 e. The summed E-state index contributed by atoms with van der Waals surface area (Å²) in [5.41, 5.74) is 0. The first kappa shape index (κ1) is 13.0. The monoisotopic (exact) mass is 223 g/mol. The van der Waals surface area contributed by atoms with Crippen molar-refractivity contribution in [2.24, 2.45) is 0 Å². The Balaban J connectivity index is 3.44. The van der Waals surface area contributed by atoms with Gasteiger partial charge < -0.3 is 5.32 Å². The van der Waals surface area contributed by atoms with Crippen LogP contribution in [0.4, 0.5) is 0 Å². The van der Waals surface area contributed by atoms with Gasteiger partial charge in [-0.25, -0.2) is 0 Å². The van der Waals surface area contributed by atoms with Gasteiger partial charge in [0.2, 0.25) is 5.91 Å². The van der Waals surface area contributed by atoms with Crippen LogP contribution in [-0.2, 0) is 15.6 Å². The zero-order valence-corrected chi connectivity index (χ0v) is 9.79. The summed E-state index contributed by atoms with van der Waals surface area (Å²) in [6.45, 7) is 2.52. The molecule has 5 heteroatoms. The average Bonchev–Trinajstić information content (AvgIpc) is 2.04. The van der Waals surface area contributed by atoms with E-state index in [9.17, 15) is 9.00 Å². The number of carbonyl (C=O) groups excluding carboxylic acids is 1. The molecule has 78 valence electrons. The van der Waals surface area contributed by atoms with E-state index in [2.05, 4.69) is 17.9 Å². The molecule has 2 unspecified atom stereocenters. The number of thiol groups is 1. The Labute approximate surface area is 87.5 Å². The summed E-state index contributed by atoms with van der Waals surface area (Å²) >= 11 is 3.95. The number of carbonyl (C=O) groups is 1. The Morgan fingerprint density at radius 1 is 1.62 bits per heavy atom. The van der Waals surface area contributed by atoms with Crippen molar-refractivity contribution in [3.8, 4) is 0 Å². The molecule has 0 heterocycles. The van der Waals surface area contributed by atoms with E-state index < -0.39 is 10.8 Å². The van der Waals surface area contributed by atoms with Crippen molar-refractivity contribution < 1.29 is 9.00 Å². The summed E-state index contributed by atoms with van der Waals surface area (Å²) < 4.78 is 10.9. The first-order valence-electron chi connectivity index (χ1n) is 4.27. The number of amides is 1. The second kappa shape index (κ2) is 7.38. The molecule has 1 amide bonds. The molecule has 0 fully saturated rings. The van der Waals surface area contributed by atoms with Crippen LogP contribution >= 0.6 is 12.6 Å². The maximum absolute atomic E-state index is 11.0. The Morgan fingerprint density at radius 3 is 2.69 bits per heavy atom. The van der Waals surface area contributed by atoms with Gasteiger partial charge in [0, 0.05) is 35.3 Å². The third-order valence-electron chi connectivity index (χ3n) is 1.78. The zero-order chi connectivity index (χ0) is 10.3. The van der Waals surface area contributed by atoms with Gasteiger partial charge in [-0.2, -0.15) is 12.6 Å². The van der Waals surface area contributed by atoms with Crippen LogP contribution in [0.2, 0.25) is 0 Å². The SMILES string of the molecule is CC(CCNC(=O)CCS)S(C)=O. The van der Waals surface area contributed by atoms with Gasteiger partial charge in [-0.3, -0.25) is 9.00 Å². The van der Waals surface area contributed by atoms with E-state index in [0.29, 0.717) is 18.7 Å². The highest BCUT2D eigenvalue weighted by atomic mass is 32.2. The van der Waals surface area contributed by atoms with Gasteiger partial charge >= 0.3 is 0 Å². The molecule has 0 rings (SSSR count). The fourth-order valence-corrected chi connectivity index (χ4v) is 1.42. The molecule has 1 N–H and O–H groups in total. The molecular formula is C8H17NO2S2. The highest BCUT2D eigenvalue weighted by Crippen LogP contribution is 1.97. The van der Waals surface area contributed by atoms with Gasteiger partial charge in [-0.15, -0.1) is 0 Å². The van der Waals surface area contributed by atoms with Gasteiger partial charge in [-0.1, -0.05) is 6.92 Å². The molecule has 0 saturated carbocycles.